The van der Waals surface area contributed by atoms with Gasteiger partial charge < -0.3 is 20.1 Å². The highest BCUT2D eigenvalue weighted by Crippen LogP contribution is 2.30. The number of ether oxygens (including phenoxy) is 2. The molecule has 1 saturated heterocycles. The highest BCUT2D eigenvalue weighted by molar-refractivity contribution is 5.98. The summed E-state index contributed by atoms with van der Waals surface area (Å²) in [6.45, 7) is 3.98. The van der Waals surface area contributed by atoms with Crippen LogP contribution in [0.15, 0.2) is 18.2 Å². The van der Waals surface area contributed by atoms with E-state index in [0.717, 1.165) is 19.5 Å². The molecular formula is C15H22N2O3. The van der Waals surface area contributed by atoms with Crippen molar-refractivity contribution >= 4 is 5.91 Å². The Kier molecular flexibility index (Phi) is 4.84. The molecule has 0 saturated carbocycles. The SMILES string of the molecule is COc1cccc(C(=O)N[C@H]2CNCC[C@@H]2C)c1OC. The Labute approximate surface area is 119 Å². The number of nitrogens with one attached hydrogen (secondary N) is 2. The van der Waals surface area contributed by atoms with Crippen LogP contribution in [0.4, 0.5) is 0 Å². The largest absolute Gasteiger partial charge is 0.493 e. The van der Waals surface area contributed by atoms with Gasteiger partial charge in [-0.25, -0.2) is 0 Å². The minimum absolute atomic E-state index is 0.124. The Balaban J connectivity index is 2.16. The first-order chi connectivity index (χ1) is 9.67. The van der Waals surface area contributed by atoms with E-state index < -0.39 is 0 Å². The summed E-state index contributed by atoms with van der Waals surface area (Å²) in [6, 6.07) is 5.46. The van der Waals surface area contributed by atoms with Crippen molar-refractivity contribution in [2.24, 2.45) is 5.92 Å². The van der Waals surface area contributed by atoms with E-state index in [9.17, 15) is 4.79 Å². The average molecular weight is 278 g/mol. The number of hydrogen-bond donors (Lipinski definition) is 2. The van der Waals surface area contributed by atoms with Crippen molar-refractivity contribution in [1.29, 1.82) is 0 Å². The van der Waals surface area contributed by atoms with E-state index in [1.54, 1.807) is 32.4 Å². The van der Waals surface area contributed by atoms with Crippen molar-refractivity contribution in [3.63, 3.8) is 0 Å². The van der Waals surface area contributed by atoms with Crippen LogP contribution in [0.3, 0.4) is 0 Å². The van der Waals surface area contributed by atoms with Crippen molar-refractivity contribution in [3.05, 3.63) is 23.8 Å². The van der Waals surface area contributed by atoms with E-state index in [4.69, 9.17) is 9.47 Å². The zero-order valence-electron chi connectivity index (χ0n) is 12.2. The van der Waals surface area contributed by atoms with Gasteiger partial charge >= 0.3 is 0 Å². The topological polar surface area (TPSA) is 59.6 Å². The lowest BCUT2D eigenvalue weighted by Gasteiger charge is -2.30. The minimum Gasteiger partial charge on any atom is -0.493 e. The lowest BCUT2D eigenvalue weighted by molar-refractivity contribution is 0.0911. The van der Waals surface area contributed by atoms with E-state index in [0.29, 0.717) is 23.0 Å². The number of rotatable bonds is 4. The van der Waals surface area contributed by atoms with Crippen LogP contribution in [0, 0.1) is 5.92 Å². The molecule has 0 aliphatic carbocycles. The van der Waals surface area contributed by atoms with Gasteiger partial charge in [0.2, 0.25) is 0 Å². The summed E-state index contributed by atoms with van der Waals surface area (Å²) >= 11 is 0. The summed E-state index contributed by atoms with van der Waals surface area (Å²) < 4.78 is 10.5. The van der Waals surface area contributed by atoms with Crippen LogP contribution in [0.2, 0.25) is 0 Å². The monoisotopic (exact) mass is 278 g/mol. The third-order valence-electron chi connectivity index (χ3n) is 3.79. The summed E-state index contributed by atoms with van der Waals surface area (Å²) in [5, 5.41) is 6.38. The summed E-state index contributed by atoms with van der Waals surface area (Å²) in [6.07, 6.45) is 1.07. The zero-order valence-corrected chi connectivity index (χ0v) is 12.2. The van der Waals surface area contributed by atoms with Crippen LogP contribution in [0.1, 0.15) is 23.7 Å². The van der Waals surface area contributed by atoms with E-state index in [-0.39, 0.29) is 11.9 Å². The molecule has 0 spiro atoms. The van der Waals surface area contributed by atoms with Crippen molar-refractivity contribution < 1.29 is 14.3 Å². The van der Waals surface area contributed by atoms with E-state index in [2.05, 4.69) is 17.6 Å². The Morgan fingerprint density at radius 2 is 2.15 bits per heavy atom. The zero-order chi connectivity index (χ0) is 14.5. The van der Waals surface area contributed by atoms with Gasteiger partial charge in [0.05, 0.1) is 19.8 Å². The van der Waals surface area contributed by atoms with Gasteiger partial charge in [0.1, 0.15) is 0 Å². The van der Waals surface area contributed by atoms with Crippen molar-refractivity contribution in [1.82, 2.24) is 10.6 Å². The number of benzene rings is 1. The summed E-state index contributed by atoms with van der Waals surface area (Å²) in [4.78, 5) is 12.4. The normalized spacial score (nSPS) is 22.1. The molecule has 1 heterocycles. The van der Waals surface area contributed by atoms with Gasteiger partial charge in [0.25, 0.3) is 5.91 Å². The van der Waals surface area contributed by atoms with Gasteiger partial charge in [0, 0.05) is 12.6 Å². The third kappa shape index (κ3) is 3.04. The van der Waals surface area contributed by atoms with Gasteiger partial charge in [-0.2, -0.15) is 0 Å². The Morgan fingerprint density at radius 1 is 1.35 bits per heavy atom. The lowest BCUT2D eigenvalue weighted by Crippen LogP contribution is -2.50. The van der Waals surface area contributed by atoms with Crippen LogP contribution in [0.25, 0.3) is 0 Å². The molecule has 2 rings (SSSR count). The average Bonchev–Trinajstić information content (AvgIpc) is 2.48. The fourth-order valence-corrected chi connectivity index (χ4v) is 2.50. The smallest absolute Gasteiger partial charge is 0.255 e. The quantitative estimate of drug-likeness (QED) is 0.875. The predicted octanol–water partition coefficient (Wildman–Crippen LogP) is 1.43. The first kappa shape index (κ1) is 14.7. The van der Waals surface area contributed by atoms with Crippen LogP contribution >= 0.6 is 0 Å². The maximum atomic E-state index is 12.4. The second kappa shape index (κ2) is 6.61. The van der Waals surface area contributed by atoms with Crippen molar-refractivity contribution in [2.75, 3.05) is 27.3 Å². The maximum absolute atomic E-state index is 12.4. The standard InChI is InChI=1S/C15H22N2O3/c1-10-7-8-16-9-12(10)17-15(18)11-5-4-6-13(19-2)14(11)20-3/h4-6,10,12,16H,7-9H2,1-3H3,(H,17,18)/t10-,12-/m0/s1. The van der Waals surface area contributed by atoms with Gasteiger partial charge in [0.15, 0.2) is 11.5 Å². The van der Waals surface area contributed by atoms with E-state index >= 15 is 0 Å². The first-order valence-electron chi connectivity index (χ1n) is 6.90. The molecule has 1 aromatic rings. The van der Waals surface area contributed by atoms with Crippen LogP contribution in [-0.2, 0) is 0 Å². The summed E-state index contributed by atoms with van der Waals surface area (Å²) in [7, 11) is 3.10. The number of para-hydroxylation sites is 1. The van der Waals surface area contributed by atoms with Crippen LogP contribution in [-0.4, -0.2) is 39.3 Å². The van der Waals surface area contributed by atoms with Gasteiger partial charge in [-0.1, -0.05) is 13.0 Å². The number of amides is 1. The molecule has 1 aliphatic heterocycles. The molecule has 1 aliphatic rings. The number of carbonyl (C=O) groups excluding carboxylic acids is 1. The molecule has 1 aromatic carbocycles. The molecule has 20 heavy (non-hydrogen) atoms. The number of piperidine rings is 1. The number of hydrogen-bond acceptors (Lipinski definition) is 4. The highest BCUT2D eigenvalue weighted by atomic mass is 16.5. The Morgan fingerprint density at radius 3 is 2.80 bits per heavy atom. The molecule has 0 radical (unpaired) electrons. The van der Waals surface area contributed by atoms with Gasteiger partial charge in [-0.15, -0.1) is 0 Å². The van der Waals surface area contributed by atoms with Crippen molar-refractivity contribution in [3.8, 4) is 11.5 Å². The van der Waals surface area contributed by atoms with Crippen LogP contribution in [0.5, 0.6) is 11.5 Å². The Bertz CT molecular complexity index is 476. The molecule has 0 aromatic heterocycles. The van der Waals surface area contributed by atoms with E-state index in [1.807, 2.05) is 0 Å². The lowest BCUT2D eigenvalue weighted by atomic mass is 9.94. The molecule has 0 bridgehead atoms. The fraction of sp³-hybridized carbons (Fsp3) is 0.533. The summed E-state index contributed by atoms with van der Waals surface area (Å²) in [5.41, 5.74) is 0.504. The molecule has 2 N–H and O–H groups in total. The molecule has 0 unspecified atom stereocenters. The molecule has 5 heteroatoms. The first-order valence-corrected chi connectivity index (χ1v) is 6.90. The minimum atomic E-state index is -0.124. The maximum Gasteiger partial charge on any atom is 0.255 e. The van der Waals surface area contributed by atoms with Crippen LogP contribution < -0.4 is 20.1 Å². The molecule has 5 nitrogen and oxygen atoms in total. The van der Waals surface area contributed by atoms with Gasteiger partial charge in [-0.05, 0) is 31.0 Å². The third-order valence-corrected chi connectivity index (χ3v) is 3.79. The molecule has 1 amide bonds. The highest BCUT2D eigenvalue weighted by Gasteiger charge is 2.25. The number of methoxy groups -OCH3 is 2. The van der Waals surface area contributed by atoms with E-state index in [1.165, 1.54) is 0 Å². The second-order valence-electron chi connectivity index (χ2n) is 5.09. The predicted molar refractivity (Wildman–Crippen MR) is 77.5 cm³/mol. The fourth-order valence-electron chi connectivity index (χ4n) is 2.50. The Hall–Kier alpha value is -1.75. The second-order valence-corrected chi connectivity index (χ2v) is 5.09. The molecule has 1 fully saturated rings. The molecular weight excluding hydrogens is 256 g/mol. The summed E-state index contributed by atoms with van der Waals surface area (Å²) in [5.74, 6) is 1.39. The number of carbonyl (C=O) groups is 1. The molecule has 2 atom stereocenters. The van der Waals surface area contributed by atoms with Gasteiger partial charge in [-0.3, -0.25) is 4.79 Å². The van der Waals surface area contributed by atoms with Crippen molar-refractivity contribution in [2.45, 2.75) is 19.4 Å². The molecule has 110 valence electrons.